The van der Waals surface area contributed by atoms with Gasteiger partial charge in [-0.3, -0.25) is 4.79 Å². The maximum absolute atomic E-state index is 12.8. The predicted molar refractivity (Wildman–Crippen MR) is 72.2 cm³/mol. The van der Waals surface area contributed by atoms with Gasteiger partial charge in [0.25, 0.3) is 6.43 Å². The van der Waals surface area contributed by atoms with E-state index in [1.54, 1.807) is 0 Å². The number of alkyl halides is 2. The Kier molecular flexibility index (Phi) is 4.45. The van der Waals surface area contributed by atoms with Crippen molar-refractivity contribution in [2.75, 3.05) is 0 Å². The molecule has 0 radical (unpaired) electrons. The largest absolute Gasteiger partial charge is 0.489 e. The molecule has 0 spiro atoms. The highest BCUT2D eigenvalue weighted by Gasteiger charge is 2.12. The summed E-state index contributed by atoms with van der Waals surface area (Å²) in [4.78, 5) is 11.3. The lowest BCUT2D eigenvalue weighted by atomic mass is 10.1. The zero-order valence-corrected chi connectivity index (χ0v) is 11.0. The number of carbonyl (C=O) groups excluding carboxylic acids is 1. The van der Waals surface area contributed by atoms with Crippen LogP contribution in [0.15, 0.2) is 48.5 Å². The van der Waals surface area contributed by atoms with Gasteiger partial charge in [-0.05, 0) is 30.7 Å². The maximum atomic E-state index is 12.8. The zero-order chi connectivity index (χ0) is 14.5. The zero-order valence-electron chi connectivity index (χ0n) is 11.0. The van der Waals surface area contributed by atoms with Crippen molar-refractivity contribution in [2.45, 2.75) is 20.0 Å². The number of halogens is 2. The van der Waals surface area contributed by atoms with Gasteiger partial charge in [-0.15, -0.1) is 0 Å². The van der Waals surface area contributed by atoms with Crippen LogP contribution in [-0.2, 0) is 6.61 Å². The van der Waals surface area contributed by atoms with Crippen molar-refractivity contribution in [3.63, 3.8) is 0 Å². The van der Waals surface area contributed by atoms with E-state index in [1.165, 1.54) is 25.1 Å². The first-order chi connectivity index (χ1) is 9.56. The number of Topliss-reactive ketones (excluding diaryl/α,β-unsaturated/α-hetero) is 1. The Hall–Kier alpha value is -2.23. The summed E-state index contributed by atoms with van der Waals surface area (Å²) in [5.74, 6) is 0.00825. The fourth-order valence-corrected chi connectivity index (χ4v) is 1.78. The second-order valence-corrected chi connectivity index (χ2v) is 4.42. The van der Waals surface area contributed by atoms with Gasteiger partial charge in [0, 0.05) is 11.1 Å². The highest BCUT2D eigenvalue weighted by atomic mass is 19.3. The molecule has 20 heavy (non-hydrogen) atoms. The molecule has 2 rings (SSSR count). The van der Waals surface area contributed by atoms with Crippen LogP contribution in [0.3, 0.4) is 0 Å². The first kappa shape index (κ1) is 14.2. The molecule has 0 saturated carbocycles. The molecular weight excluding hydrogens is 262 g/mol. The smallest absolute Gasteiger partial charge is 0.264 e. The highest BCUT2D eigenvalue weighted by Crippen LogP contribution is 2.26. The van der Waals surface area contributed by atoms with E-state index in [0.29, 0.717) is 0 Å². The highest BCUT2D eigenvalue weighted by molar-refractivity contribution is 5.94. The minimum Gasteiger partial charge on any atom is -0.489 e. The molecule has 0 unspecified atom stereocenters. The standard InChI is InChI=1S/C16H14F2O2/c1-11(19)13-7-14(16(17)18)9-15(8-13)20-10-12-5-3-2-4-6-12/h2-9,16H,10H2,1H3. The SMILES string of the molecule is CC(=O)c1cc(OCc2ccccc2)cc(C(F)F)c1. The maximum Gasteiger partial charge on any atom is 0.264 e. The van der Waals surface area contributed by atoms with E-state index in [-0.39, 0.29) is 29.3 Å². The van der Waals surface area contributed by atoms with Gasteiger partial charge in [-0.1, -0.05) is 30.3 Å². The third kappa shape index (κ3) is 3.63. The Morgan fingerprint density at radius 2 is 1.85 bits per heavy atom. The molecule has 0 aliphatic carbocycles. The molecule has 0 aliphatic rings. The molecule has 0 aliphatic heterocycles. The minimum atomic E-state index is -2.63. The van der Waals surface area contributed by atoms with Crippen LogP contribution >= 0.6 is 0 Å². The van der Waals surface area contributed by atoms with Gasteiger partial charge in [0.15, 0.2) is 5.78 Å². The average molecular weight is 276 g/mol. The Balaban J connectivity index is 2.20. The lowest BCUT2D eigenvalue weighted by Gasteiger charge is -2.10. The van der Waals surface area contributed by atoms with Crippen molar-refractivity contribution in [3.8, 4) is 5.75 Å². The number of ketones is 1. The van der Waals surface area contributed by atoms with Crippen LogP contribution in [0.2, 0.25) is 0 Å². The summed E-state index contributed by atoms with van der Waals surface area (Å²) in [6, 6.07) is 13.3. The van der Waals surface area contributed by atoms with E-state index in [1.807, 2.05) is 30.3 Å². The number of rotatable bonds is 5. The summed E-state index contributed by atoms with van der Waals surface area (Å²) < 4.78 is 31.1. The molecule has 104 valence electrons. The molecular formula is C16H14F2O2. The van der Waals surface area contributed by atoms with Crippen molar-refractivity contribution in [1.82, 2.24) is 0 Å². The number of benzene rings is 2. The summed E-state index contributed by atoms with van der Waals surface area (Å²) in [5.41, 5.74) is 0.950. The molecule has 2 aromatic rings. The molecule has 2 nitrogen and oxygen atoms in total. The third-order valence-electron chi connectivity index (χ3n) is 2.84. The number of carbonyl (C=O) groups is 1. The van der Waals surface area contributed by atoms with Crippen molar-refractivity contribution in [2.24, 2.45) is 0 Å². The normalized spacial score (nSPS) is 10.6. The van der Waals surface area contributed by atoms with Crippen LogP contribution in [0.25, 0.3) is 0 Å². The van der Waals surface area contributed by atoms with Gasteiger partial charge in [-0.2, -0.15) is 0 Å². The van der Waals surface area contributed by atoms with Crippen LogP contribution in [0, 0.1) is 0 Å². The molecule has 0 saturated heterocycles. The quantitative estimate of drug-likeness (QED) is 0.756. The fourth-order valence-electron chi connectivity index (χ4n) is 1.78. The molecule has 0 amide bonds. The van der Waals surface area contributed by atoms with Crippen LogP contribution in [-0.4, -0.2) is 5.78 Å². The molecule has 0 heterocycles. The predicted octanol–water partition coefficient (Wildman–Crippen LogP) is 4.41. The van der Waals surface area contributed by atoms with E-state index < -0.39 is 6.43 Å². The minimum absolute atomic E-state index is 0.208. The van der Waals surface area contributed by atoms with E-state index in [4.69, 9.17) is 4.74 Å². The van der Waals surface area contributed by atoms with Crippen LogP contribution in [0.4, 0.5) is 8.78 Å². The number of hydrogen-bond acceptors (Lipinski definition) is 2. The van der Waals surface area contributed by atoms with Gasteiger partial charge in [0.1, 0.15) is 12.4 Å². The Morgan fingerprint density at radius 3 is 2.45 bits per heavy atom. The van der Waals surface area contributed by atoms with Crippen molar-refractivity contribution >= 4 is 5.78 Å². The summed E-state index contributed by atoms with van der Waals surface area (Å²) in [6.07, 6.45) is -2.63. The number of ether oxygens (including phenoxy) is 1. The van der Waals surface area contributed by atoms with Crippen LogP contribution in [0.5, 0.6) is 5.75 Å². The summed E-state index contributed by atoms with van der Waals surface area (Å²) in [5, 5.41) is 0. The topological polar surface area (TPSA) is 26.3 Å². The van der Waals surface area contributed by atoms with Gasteiger partial charge in [0.05, 0.1) is 0 Å². The van der Waals surface area contributed by atoms with Gasteiger partial charge in [0.2, 0.25) is 0 Å². The molecule has 0 atom stereocenters. The Labute approximate surface area is 116 Å². The Morgan fingerprint density at radius 1 is 1.15 bits per heavy atom. The van der Waals surface area contributed by atoms with Crippen molar-refractivity contribution in [1.29, 1.82) is 0 Å². The summed E-state index contributed by atoms with van der Waals surface area (Å²) in [6.45, 7) is 1.61. The molecule has 0 N–H and O–H groups in total. The summed E-state index contributed by atoms with van der Waals surface area (Å²) >= 11 is 0. The lowest BCUT2D eigenvalue weighted by Crippen LogP contribution is -2.00. The van der Waals surface area contributed by atoms with Crippen LogP contribution in [0.1, 0.15) is 34.8 Å². The van der Waals surface area contributed by atoms with E-state index in [9.17, 15) is 13.6 Å². The average Bonchev–Trinajstić information content (AvgIpc) is 2.45. The number of hydrogen-bond donors (Lipinski definition) is 0. The van der Waals surface area contributed by atoms with E-state index in [2.05, 4.69) is 0 Å². The lowest BCUT2D eigenvalue weighted by molar-refractivity contribution is 0.101. The van der Waals surface area contributed by atoms with Crippen LogP contribution < -0.4 is 4.74 Å². The van der Waals surface area contributed by atoms with Gasteiger partial charge < -0.3 is 4.74 Å². The molecule has 0 aromatic heterocycles. The molecule has 0 bridgehead atoms. The van der Waals surface area contributed by atoms with Gasteiger partial charge in [-0.25, -0.2) is 8.78 Å². The second-order valence-electron chi connectivity index (χ2n) is 4.42. The Bertz CT molecular complexity index is 595. The van der Waals surface area contributed by atoms with Crippen molar-refractivity contribution in [3.05, 3.63) is 65.2 Å². The van der Waals surface area contributed by atoms with E-state index >= 15 is 0 Å². The molecule has 4 heteroatoms. The fraction of sp³-hybridized carbons (Fsp3) is 0.188. The van der Waals surface area contributed by atoms with E-state index in [0.717, 1.165) is 5.56 Å². The third-order valence-corrected chi connectivity index (χ3v) is 2.84. The first-order valence-corrected chi connectivity index (χ1v) is 6.17. The molecule has 0 fully saturated rings. The summed E-state index contributed by atoms with van der Waals surface area (Å²) in [7, 11) is 0. The first-order valence-electron chi connectivity index (χ1n) is 6.17. The molecule has 2 aromatic carbocycles. The second kappa shape index (κ2) is 6.28. The van der Waals surface area contributed by atoms with Gasteiger partial charge >= 0.3 is 0 Å². The monoisotopic (exact) mass is 276 g/mol. The van der Waals surface area contributed by atoms with Crippen molar-refractivity contribution < 1.29 is 18.3 Å².